The van der Waals surface area contributed by atoms with Crippen molar-refractivity contribution in [2.24, 2.45) is 0 Å². The molecule has 1 aromatic rings. The van der Waals surface area contributed by atoms with Crippen molar-refractivity contribution in [3.8, 4) is 0 Å². The predicted molar refractivity (Wildman–Crippen MR) is 61.3 cm³/mol. The van der Waals surface area contributed by atoms with Crippen LogP contribution in [0.2, 0.25) is 0 Å². The van der Waals surface area contributed by atoms with E-state index in [1.807, 2.05) is 12.1 Å². The summed E-state index contributed by atoms with van der Waals surface area (Å²) in [5, 5.41) is 0. The van der Waals surface area contributed by atoms with Crippen molar-refractivity contribution >= 4 is 17.5 Å². The van der Waals surface area contributed by atoms with Gasteiger partial charge >= 0.3 is 0 Å². The SMILES string of the molecule is O=C(C(F)Cl)N1CCN(Cc2ccco2)CC1. The molecule has 0 aliphatic carbocycles. The van der Waals surface area contributed by atoms with Crippen LogP contribution in [-0.4, -0.2) is 47.5 Å². The molecule has 0 spiro atoms. The van der Waals surface area contributed by atoms with Gasteiger partial charge in [-0.1, -0.05) is 11.6 Å². The van der Waals surface area contributed by atoms with Crippen LogP contribution in [0.15, 0.2) is 22.8 Å². The quantitative estimate of drug-likeness (QED) is 0.772. The Morgan fingerprint density at radius 1 is 1.47 bits per heavy atom. The van der Waals surface area contributed by atoms with Crippen molar-refractivity contribution in [1.82, 2.24) is 9.80 Å². The summed E-state index contributed by atoms with van der Waals surface area (Å²) in [6, 6.07) is 3.75. The fraction of sp³-hybridized carbons (Fsp3) is 0.545. The third-order valence-corrected chi connectivity index (χ3v) is 3.02. The molecule has 4 nitrogen and oxygen atoms in total. The number of carbonyl (C=O) groups is 1. The lowest BCUT2D eigenvalue weighted by Gasteiger charge is -2.34. The minimum atomic E-state index is -1.92. The maximum atomic E-state index is 12.6. The second-order valence-corrected chi connectivity index (χ2v) is 4.36. The molecular formula is C11H14ClFN2O2. The van der Waals surface area contributed by atoms with Crippen molar-refractivity contribution in [2.45, 2.75) is 12.2 Å². The summed E-state index contributed by atoms with van der Waals surface area (Å²) in [6.07, 6.45) is 1.64. The van der Waals surface area contributed by atoms with Crippen LogP contribution in [0.25, 0.3) is 0 Å². The van der Waals surface area contributed by atoms with E-state index in [-0.39, 0.29) is 0 Å². The van der Waals surface area contributed by atoms with Gasteiger partial charge in [-0.05, 0) is 12.1 Å². The van der Waals surface area contributed by atoms with Gasteiger partial charge in [0.05, 0.1) is 12.8 Å². The number of alkyl halides is 2. The zero-order chi connectivity index (χ0) is 12.3. The fourth-order valence-corrected chi connectivity index (χ4v) is 2.03. The molecule has 1 atom stereocenters. The summed E-state index contributed by atoms with van der Waals surface area (Å²) in [6.45, 7) is 3.14. The molecule has 1 amide bonds. The first-order chi connectivity index (χ1) is 8.16. The Labute approximate surface area is 104 Å². The van der Waals surface area contributed by atoms with Gasteiger partial charge in [-0.25, -0.2) is 4.39 Å². The normalized spacial score (nSPS) is 19.3. The highest BCUT2D eigenvalue weighted by Gasteiger charge is 2.25. The van der Waals surface area contributed by atoms with E-state index in [1.165, 1.54) is 4.90 Å². The number of piperazine rings is 1. The van der Waals surface area contributed by atoms with Gasteiger partial charge in [0.1, 0.15) is 5.76 Å². The predicted octanol–water partition coefficient (Wildman–Crippen LogP) is 1.46. The van der Waals surface area contributed by atoms with Crippen molar-refractivity contribution in [3.63, 3.8) is 0 Å². The van der Waals surface area contributed by atoms with Crippen LogP contribution < -0.4 is 0 Å². The van der Waals surface area contributed by atoms with Crippen LogP contribution in [0.3, 0.4) is 0 Å². The fourth-order valence-electron chi connectivity index (χ4n) is 1.89. The average molecular weight is 261 g/mol. The molecule has 0 aromatic carbocycles. The van der Waals surface area contributed by atoms with E-state index in [2.05, 4.69) is 4.90 Å². The van der Waals surface area contributed by atoms with E-state index >= 15 is 0 Å². The third-order valence-electron chi connectivity index (χ3n) is 2.83. The van der Waals surface area contributed by atoms with Gasteiger partial charge in [-0.2, -0.15) is 0 Å². The van der Waals surface area contributed by atoms with Crippen molar-refractivity contribution in [2.75, 3.05) is 26.2 Å². The molecule has 2 heterocycles. The molecule has 0 N–H and O–H groups in total. The molecule has 1 fully saturated rings. The van der Waals surface area contributed by atoms with Gasteiger partial charge in [0.2, 0.25) is 0 Å². The van der Waals surface area contributed by atoms with Crippen molar-refractivity contribution < 1.29 is 13.6 Å². The van der Waals surface area contributed by atoms with Crippen LogP contribution in [0.4, 0.5) is 4.39 Å². The number of hydrogen-bond acceptors (Lipinski definition) is 3. The van der Waals surface area contributed by atoms with E-state index in [4.69, 9.17) is 16.0 Å². The molecule has 0 radical (unpaired) electrons. The first kappa shape index (κ1) is 12.4. The highest BCUT2D eigenvalue weighted by Crippen LogP contribution is 2.11. The van der Waals surface area contributed by atoms with Gasteiger partial charge in [0.15, 0.2) is 0 Å². The van der Waals surface area contributed by atoms with Crippen molar-refractivity contribution in [3.05, 3.63) is 24.2 Å². The molecule has 17 heavy (non-hydrogen) atoms. The number of amides is 1. The summed E-state index contributed by atoms with van der Waals surface area (Å²) in [4.78, 5) is 14.9. The zero-order valence-electron chi connectivity index (χ0n) is 9.31. The first-order valence-corrected chi connectivity index (χ1v) is 5.92. The Hall–Kier alpha value is -1.07. The van der Waals surface area contributed by atoms with E-state index in [0.717, 1.165) is 12.3 Å². The summed E-state index contributed by atoms with van der Waals surface area (Å²) in [7, 11) is 0. The summed E-state index contributed by atoms with van der Waals surface area (Å²) in [5.41, 5.74) is -1.92. The molecule has 1 aliphatic rings. The van der Waals surface area contributed by atoms with Gasteiger partial charge in [-0.15, -0.1) is 0 Å². The molecular weight excluding hydrogens is 247 g/mol. The molecule has 94 valence electrons. The van der Waals surface area contributed by atoms with E-state index < -0.39 is 11.5 Å². The van der Waals surface area contributed by atoms with Crippen LogP contribution in [0.5, 0.6) is 0 Å². The lowest BCUT2D eigenvalue weighted by Crippen LogP contribution is -2.49. The lowest BCUT2D eigenvalue weighted by molar-refractivity contribution is -0.135. The van der Waals surface area contributed by atoms with E-state index in [0.29, 0.717) is 26.2 Å². The molecule has 2 rings (SSSR count). The Bertz CT molecular complexity index is 362. The van der Waals surface area contributed by atoms with Crippen LogP contribution in [0, 0.1) is 0 Å². The monoisotopic (exact) mass is 260 g/mol. The standard InChI is InChI=1S/C11H14ClFN2O2/c12-10(13)11(16)15-5-3-14(4-6-15)8-9-2-1-7-17-9/h1-2,7,10H,3-6,8H2. The summed E-state index contributed by atoms with van der Waals surface area (Å²) >= 11 is 5.13. The molecule has 0 bridgehead atoms. The molecule has 1 aliphatic heterocycles. The smallest absolute Gasteiger partial charge is 0.272 e. The third kappa shape index (κ3) is 3.20. The van der Waals surface area contributed by atoms with Gasteiger partial charge in [-0.3, -0.25) is 9.69 Å². The van der Waals surface area contributed by atoms with E-state index in [1.54, 1.807) is 6.26 Å². The number of carbonyl (C=O) groups excluding carboxylic acids is 1. The second kappa shape index (κ2) is 5.51. The number of halogens is 2. The Morgan fingerprint density at radius 3 is 2.71 bits per heavy atom. The number of nitrogens with zero attached hydrogens (tertiary/aromatic N) is 2. The largest absolute Gasteiger partial charge is 0.468 e. The van der Waals surface area contributed by atoms with Crippen LogP contribution in [-0.2, 0) is 11.3 Å². The van der Waals surface area contributed by atoms with Gasteiger partial charge < -0.3 is 9.32 Å². The van der Waals surface area contributed by atoms with Gasteiger partial charge in [0, 0.05) is 26.2 Å². The Balaban J connectivity index is 1.80. The molecule has 0 saturated carbocycles. The Morgan fingerprint density at radius 2 is 2.18 bits per heavy atom. The number of furan rings is 1. The second-order valence-electron chi connectivity index (χ2n) is 3.98. The maximum absolute atomic E-state index is 12.6. The summed E-state index contributed by atoms with van der Waals surface area (Å²) in [5.74, 6) is 0.259. The lowest BCUT2D eigenvalue weighted by atomic mass is 10.3. The zero-order valence-corrected chi connectivity index (χ0v) is 10.1. The summed E-state index contributed by atoms with van der Waals surface area (Å²) < 4.78 is 17.9. The molecule has 1 saturated heterocycles. The maximum Gasteiger partial charge on any atom is 0.272 e. The van der Waals surface area contributed by atoms with Gasteiger partial charge in [0.25, 0.3) is 11.5 Å². The topological polar surface area (TPSA) is 36.7 Å². The van der Waals surface area contributed by atoms with Crippen molar-refractivity contribution in [1.29, 1.82) is 0 Å². The number of rotatable bonds is 3. The molecule has 6 heteroatoms. The van der Waals surface area contributed by atoms with Crippen LogP contribution in [0.1, 0.15) is 5.76 Å². The highest BCUT2D eigenvalue weighted by molar-refractivity contribution is 6.29. The highest BCUT2D eigenvalue weighted by atomic mass is 35.5. The number of hydrogen-bond donors (Lipinski definition) is 0. The van der Waals surface area contributed by atoms with E-state index in [9.17, 15) is 9.18 Å². The first-order valence-electron chi connectivity index (χ1n) is 5.48. The Kier molecular flexibility index (Phi) is 4.02. The minimum Gasteiger partial charge on any atom is -0.468 e. The van der Waals surface area contributed by atoms with Crippen LogP contribution >= 0.6 is 11.6 Å². The average Bonchev–Trinajstić information content (AvgIpc) is 2.82. The minimum absolute atomic E-state index is 0.507. The molecule has 1 aromatic heterocycles. The molecule has 1 unspecified atom stereocenters.